The number of aliphatic carboxylic acids is 1. The molecule has 0 aliphatic heterocycles. The van der Waals surface area contributed by atoms with Crippen molar-refractivity contribution >= 4 is 33.5 Å². The Kier molecular flexibility index (Phi) is 11.3. The zero-order valence-corrected chi connectivity index (χ0v) is 31.9. The van der Waals surface area contributed by atoms with Crippen LogP contribution in [0.1, 0.15) is 140 Å². The maximum absolute atomic E-state index is 13.3. The molecular formula is C38H65NO4S2. The molecule has 2 saturated carbocycles. The fourth-order valence-electron chi connectivity index (χ4n) is 10.6. The second kappa shape index (κ2) is 13.7. The number of carboxylic acid groups (broad SMARTS) is 1. The van der Waals surface area contributed by atoms with Crippen LogP contribution >= 0.6 is 21.6 Å². The molecule has 9 atom stereocenters. The largest absolute Gasteiger partial charge is 0.481 e. The van der Waals surface area contributed by atoms with Gasteiger partial charge in [0.15, 0.2) is 0 Å². The lowest BCUT2D eigenvalue weighted by molar-refractivity contribution is -0.173. The van der Waals surface area contributed by atoms with E-state index in [-0.39, 0.29) is 40.3 Å². The molecule has 0 aromatic rings. The summed E-state index contributed by atoms with van der Waals surface area (Å²) in [5.74, 6) is 1.76. The summed E-state index contributed by atoms with van der Waals surface area (Å²) < 4.78 is 6.33. The van der Waals surface area contributed by atoms with E-state index in [1.807, 2.05) is 12.5 Å². The number of esters is 1. The number of fused-ring (bicyclic) bond motifs is 4. The molecule has 3 unspecified atom stereocenters. The van der Waals surface area contributed by atoms with E-state index in [2.05, 4.69) is 55.4 Å². The molecule has 0 spiro atoms. The Bertz CT molecular complexity index is 1130. The smallest absolute Gasteiger partial charge is 0.309 e. The zero-order chi connectivity index (χ0) is 33.6. The van der Waals surface area contributed by atoms with Crippen molar-refractivity contribution in [3.8, 4) is 0 Å². The number of carbonyl (C=O) groups excluding carboxylic acids is 1. The third-order valence-corrected chi connectivity index (χ3v) is 16.5. The van der Waals surface area contributed by atoms with E-state index in [4.69, 9.17) is 15.6 Å². The molecule has 0 bridgehead atoms. The highest BCUT2D eigenvalue weighted by molar-refractivity contribution is 8.76. The molecule has 0 aromatic heterocycles. The molecule has 4 aliphatic carbocycles. The van der Waals surface area contributed by atoms with E-state index in [9.17, 15) is 9.59 Å². The van der Waals surface area contributed by atoms with Gasteiger partial charge in [-0.25, -0.2) is 0 Å². The quantitative estimate of drug-likeness (QED) is 0.0877. The van der Waals surface area contributed by atoms with Crippen molar-refractivity contribution in [1.82, 2.24) is 0 Å². The van der Waals surface area contributed by atoms with Gasteiger partial charge < -0.3 is 15.6 Å². The maximum Gasteiger partial charge on any atom is 0.309 e. The topological polar surface area (TPSA) is 89.6 Å². The van der Waals surface area contributed by atoms with Crippen LogP contribution < -0.4 is 5.73 Å². The summed E-state index contributed by atoms with van der Waals surface area (Å²) >= 11 is 0. The Morgan fingerprint density at radius 1 is 0.933 bits per heavy atom. The summed E-state index contributed by atoms with van der Waals surface area (Å²) in [4.78, 5) is 24.3. The summed E-state index contributed by atoms with van der Waals surface area (Å²) in [5, 5.41) is 9.11. The van der Waals surface area contributed by atoms with Gasteiger partial charge in [0.2, 0.25) is 0 Å². The van der Waals surface area contributed by atoms with Gasteiger partial charge in [-0.1, -0.05) is 101 Å². The summed E-state index contributed by atoms with van der Waals surface area (Å²) in [6.07, 6.45) is 13.2. The van der Waals surface area contributed by atoms with Crippen molar-refractivity contribution < 1.29 is 19.4 Å². The van der Waals surface area contributed by atoms with Crippen molar-refractivity contribution in [3.05, 3.63) is 11.1 Å². The third kappa shape index (κ3) is 7.21. The molecule has 4 aliphatic rings. The first-order chi connectivity index (χ1) is 20.8. The van der Waals surface area contributed by atoms with Gasteiger partial charge in [-0.3, -0.25) is 9.59 Å². The predicted molar refractivity (Wildman–Crippen MR) is 191 cm³/mol. The zero-order valence-electron chi connectivity index (χ0n) is 30.2. The molecule has 2 fully saturated rings. The van der Waals surface area contributed by atoms with Crippen LogP contribution in [0.2, 0.25) is 0 Å². The number of allylic oxidation sites excluding steroid dienone is 2. The number of carbonyl (C=O) groups is 2. The summed E-state index contributed by atoms with van der Waals surface area (Å²) in [6, 6.07) is 0. The second-order valence-electron chi connectivity index (χ2n) is 17.7. The van der Waals surface area contributed by atoms with Crippen molar-refractivity contribution in [1.29, 1.82) is 0 Å². The van der Waals surface area contributed by atoms with E-state index in [0.717, 1.165) is 31.1 Å². The van der Waals surface area contributed by atoms with Gasteiger partial charge in [0.05, 0.1) is 11.8 Å². The van der Waals surface area contributed by atoms with Crippen LogP contribution in [0.3, 0.4) is 0 Å². The number of hydrogen-bond donors (Lipinski definition) is 2. The fourth-order valence-corrected chi connectivity index (χ4v) is 13.3. The van der Waals surface area contributed by atoms with E-state index in [1.54, 1.807) is 23.3 Å². The first-order valence-electron chi connectivity index (χ1n) is 18.0. The first-order valence-corrected chi connectivity index (χ1v) is 20.5. The van der Waals surface area contributed by atoms with E-state index in [1.165, 1.54) is 62.2 Å². The Hall–Kier alpha value is -0.660. The second-order valence-corrected chi connectivity index (χ2v) is 20.3. The SMILES string of the molecule is CC(CSSCC(C)C(=O)OC1CC[C@]2(C)C3=C(CC[C@H]2C1(C)C)[C@]1(C)CC[C@H]([C@H](C)CCCC(C)(C)N)[C@@]1(C)CC3)C(=O)O. The highest BCUT2D eigenvalue weighted by atomic mass is 33.1. The highest BCUT2D eigenvalue weighted by Gasteiger charge is 2.63. The Labute approximate surface area is 283 Å². The molecule has 0 aromatic carbocycles. The summed E-state index contributed by atoms with van der Waals surface area (Å²) in [5.41, 5.74) is 10.6. The van der Waals surface area contributed by atoms with E-state index in [0.29, 0.717) is 28.3 Å². The molecule has 0 amide bonds. The Balaban J connectivity index is 1.43. The van der Waals surface area contributed by atoms with Crippen LogP contribution in [-0.4, -0.2) is 40.2 Å². The summed E-state index contributed by atoms with van der Waals surface area (Å²) in [7, 11) is 3.12. The van der Waals surface area contributed by atoms with Gasteiger partial charge >= 0.3 is 11.9 Å². The van der Waals surface area contributed by atoms with Gasteiger partial charge in [-0.15, -0.1) is 0 Å². The van der Waals surface area contributed by atoms with Crippen molar-refractivity contribution in [2.75, 3.05) is 11.5 Å². The first kappa shape index (κ1) is 37.2. The molecule has 258 valence electrons. The number of hydrogen-bond acceptors (Lipinski definition) is 6. The van der Waals surface area contributed by atoms with E-state index < -0.39 is 5.97 Å². The Morgan fingerprint density at radius 2 is 1.58 bits per heavy atom. The standard InChI is InChI=1S/C38H65NO4S2/c1-24(12-11-18-34(4,5)39)27-15-20-38(10)29-13-14-30-35(6,7)31(17-19-36(30,8)28(29)16-21-37(27,38)9)43-33(42)26(3)23-45-44-22-25(2)32(40)41/h24-27,30-31H,11-23,39H2,1-10H3,(H,40,41)/t24-,25?,26?,27-,30+,31?,36-,37-,38+/m1/s1. The van der Waals surface area contributed by atoms with Gasteiger partial charge in [0.1, 0.15) is 6.10 Å². The number of ether oxygens (including phenoxy) is 1. The number of nitrogens with two attached hydrogens (primary N) is 1. The average Bonchev–Trinajstić information content (AvgIpc) is 3.22. The fraction of sp³-hybridized carbons (Fsp3) is 0.895. The van der Waals surface area contributed by atoms with Crippen molar-refractivity contribution in [2.45, 2.75) is 152 Å². The van der Waals surface area contributed by atoms with Crippen LogP contribution in [0, 0.1) is 51.2 Å². The molecule has 0 heterocycles. The van der Waals surface area contributed by atoms with Crippen molar-refractivity contribution in [2.24, 2.45) is 57.0 Å². The highest BCUT2D eigenvalue weighted by Crippen LogP contribution is 2.72. The minimum atomic E-state index is -0.774. The van der Waals surface area contributed by atoms with Gasteiger partial charge in [0, 0.05) is 22.5 Å². The van der Waals surface area contributed by atoms with Crippen LogP contribution in [0.15, 0.2) is 11.1 Å². The minimum Gasteiger partial charge on any atom is -0.481 e. The molecule has 7 heteroatoms. The van der Waals surface area contributed by atoms with Crippen LogP contribution in [0.5, 0.6) is 0 Å². The van der Waals surface area contributed by atoms with Gasteiger partial charge in [-0.2, -0.15) is 0 Å². The van der Waals surface area contributed by atoms with Crippen LogP contribution in [0.25, 0.3) is 0 Å². The molecule has 0 radical (unpaired) electrons. The molecule has 5 nitrogen and oxygen atoms in total. The summed E-state index contributed by atoms with van der Waals surface area (Å²) in [6.45, 7) is 23.1. The lowest BCUT2D eigenvalue weighted by Crippen LogP contribution is -2.56. The minimum absolute atomic E-state index is 0.0583. The van der Waals surface area contributed by atoms with Gasteiger partial charge in [0.25, 0.3) is 0 Å². The lowest BCUT2D eigenvalue weighted by atomic mass is 9.43. The monoisotopic (exact) mass is 663 g/mol. The molecule has 45 heavy (non-hydrogen) atoms. The lowest BCUT2D eigenvalue weighted by Gasteiger charge is -2.62. The Morgan fingerprint density at radius 3 is 2.20 bits per heavy atom. The third-order valence-electron chi connectivity index (χ3n) is 13.7. The molecule has 0 saturated heterocycles. The van der Waals surface area contributed by atoms with Crippen LogP contribution in [-0.2, 0) is 14.3 Å². The average molecular weight is 664 g/mol. The number of carboxylic acids is 1. The maximum atomic E-state index is 13.3. The number of rotatable bonds is 13. The predicted octanol–water partition coefficient (Wildman–Crippen LogP) is 9.93. The molecule has 4 rings (SSSR count). The molecular weight excluding hydrogens is 599 g/mol. The van der Waals surface area contributed by atoms with Crippen LogP contribution in [0.4, 0.5) is 0 Å². The normalized spacial score (nSPS) is 36.4. The van der Waals surface area contributed by atoms with Crippen molar-refractivity contribution in [3.63, 3.8) is 0 Å². The van der Waals surface area contributed by atoms with E-state index >= 15 is 0 Å². The molecule has 3 N–H and O–H groups in total. The van der Waals surface area contributed by atoms with Gasteiger partial charge in [-0.05, 0) is 106 Å².